The molecule has 19 heavy (non-hydrogen) atoms. The minimum Gasteiger partial charge on any atom is -0.495 e. The maximum atomic E-state index is 11.3. The number of aromatic carboxylic acids is 1. The largest absolute Gasteiger partial charge is 0.495 e. The maximum Gasteiger partial charge on any atom is 0.352 e. The smallest absolute Gasteiger partial charge is 0.352 e. The van der Waals surface area contributed by atoms with Crippen molar-refractivity contribution in [1.29, 1.82) is 0 Å². The van der Waals surface area contributed by atoms with Gasteiger partial charge in [-0.2, -0.15) is 0 Å². The molecule has 0 saturated carbocycles. The Bertz CT molecular complexity index is 652. The van der Waals surface area contributed by atoms with Gasteiger partial charge in [-0.25, -0.2) is 4.79 Å². The SMILES string of the molecule is COc1cc(Cl)c(C)cc1-n1cc(Br)cc1C(=O)O. The predicted octanol–water partition coefficient (Wildman–Crippen LogP) is 3.91. The number of ether oxygens (including phenoxy) is 1. The molecule has 2 aromatic rings. The summed E-state index contributed by atoms with van der Waals surface area (Å²) in [6.07, 6.45) is 1.68. The number of carbonyl (C=O) groups is 1. The van der Waals surface area contributed by atoms with Crippen LogP contribution < -0.4 is 4.74 Å². The molecule has 0 aliphatic rings. The van der Waals surface area contributed by atoms with E-state index in [1.165, 1.54) is 13.2 Å². The molecule has 0 aliphatic heterocycles. The number of rotatable bonds is 3. The van der Waals surface area contributed by atoms with Gasteiger partial charge in [-0.05, 0) is 40.5 Å². The summed E-state index contributed by atoms with van der Waals surface area (Å²) in [5, 5.41) is 9.79. The Balaban J connectivity index is 2.71. The van der Waals surface area contributed by atoms with Crippen LogP contribution in [0.5, 0.6) is 5.75 Å². The van der Waals surface area contributed by atoms with Crippen LogP contribution in [-0.2, 0) is 0 Å². The average molecular weight is 345 g/mol. The lowest BCUT2D eigenvalue weighted by atomic mass is 10.2. The molecule has 100 valence electrons. The van der Waals surface area contributed by atoms with Crippen LogP contribution in [-0.4, -0.2) is 22.8 Å². The number of halogens is 2. The Morgan fingerprint density at radius 1 is 1.42 bits per heavy atom. The molecule has 1 N–H and O–H groups in total. The van der Waals surface area contributed by atoms with E-state index < -0.39 is 5.97 Å². The van der Waals surface area contributed by atoms with Gasteiger partial charge in [-0.15, -0.1) is 0 Å². The van der Waals surface area contributed by atoms with Gasteiger partial charge in [0, 0.05) is 21.8 Å². The van der Waals surface area contributed by atoms with E-state index in [1.807, 2.05) is 6.92 Å². The lowest BCUT2D eigenvalue weighted by molar-refractivity contribution is 0.0688. The Hall–Kier alpha value is -1.46. The molecule has 0 atom stereocenters. The minimum absolute atomic E-state index is 0.145. The Kier molecular flexibility index (Phi) is 3.87. The molecule has 0 fully saturated rings. The summed E-state index contributed by atoms with van der Waals surface area (Å²) in [6, 6.07) is 5.00. The molecule has 0 aliphatic carbocycles. The van der Waals surface area contributed by atoms with Crippen molar-refractivity contribution in [3.8, 4) is 11.4 Å². The van der Waals surface area contributed by atoms with Crippen LogP contribution in [0.2, 0.25) is 5.02 Å². The first-order chi connectivity index (χ1) is 8.93. The highest BCUT2D eigenvalue weighted by Crippen LogP contribution is 2.32. The average Bonchev–Trinajstić information content (AvgIpc) is 2.74. The second-order valence-electron chi connectivity index (χ2n) is 3.99. The third-order valence-electron chi connectivity index (χ3n) is 2.73. The molecule has 0 amide bonds. The molecule has 1 aromatic carbocycles. The van der Waals surface area contributed by atoms with Gasteiger partial charge in [-0.1, -0.05) is 11.6 Å². The summed E-state index contributed by atoms with van der Waals surface area (Å²) >= 11 is 9.32. The van der Waals surface area contributed by atoms with Crippen molar-refractivity contribution in [3.05, 3.63) is 45.1 Å². The summed E-state index contributed by atoms with van der Waals surface area (Å²) in [7, 11) is 1.52. The van der Waals surface area contributed by atoms with Crippen molar-refractivity contribution in [1.82, 2.24) is 4.57 Å². The number of methoxy groups -OCH3 is 1. The van der Waals surface area contributed by atoms with E-state index in [1.54, 1.807) is 22.9 Å². The number of hydrogen-bond donors (Lipinski definition) is 1. The molecule has 6 heteroatoms. The fraction of sp³-hybridized carbons (Fsp3) is 0.154. The first-order valence-electron chi connectivity index (χ1n) is 5.39. The molecule has 0 saturated heterocycles. The van der Waals surface area contributed by atoms with E-state index in [9.17, 15) is 9.90 Å². The fourth-order valence-corrected chi connectivity index (χ4v) is 2.37. The molecule has 0 bridgehead atoms. The van der Waals surface area contributed by atoms with Crippen LogP contribution in [0.1, 0.15) is 16.1 Å². The van der Waals surface area contributed by atoms with E-state index >= 15 is 0 Å². The molecular formula is C13H11BrClNO3. The van der Waals surface area contributed by atoms with E-state index in [-0.39, 0.29) is 5.69 Å². The number of aromatic nitrogens is 1. The Labute approximate surface area is 123 Å². The first-order valence-corrected chi connectivity index (χ1v) is 6.57. The standard InChI is InChI=1S/C13H11BrClNO3/c1-7-3-10(12(19-2)5-9(7)15)16-6-8(14)4-11(16)13(17)18/h3-6H,1-2H3,(H,17,18). The van der Waals surface area contributed by atoms with Gasteiger partial charge in [0.2, 0.25) is 0 Å². The van der Waals surface area contributed by atoms with E-state index in [0.29, 0.717) is 20.9 Å². The minimum atomic E-state index is -1.01. The quantitative estimate of drug-likeness (QED) is 0.918. The zero-order chi connectivity index (χ0) is 14.2. The summed E-state index contributed by atoms with van der Waals surface area (Å²) in [5.74, 6) is -0.499. The molecular weight excluding hydrogens is 334 g/mol. The zero-order valence-corrected chi connectivity index (χ0v) is 12.6. The molecule has 0 unspecified atom stereocenters. The monoisotopic (exact) mass is 343 g/mol. The Morgan fingerprint density at radius 3 is 2.68 bits per heavy atom. The third kappa shape index (κ3) is 2.62. The van der Waals surface area contributed by atoms with E-state index in [2.05, 4.69) is 15.9 Å². The number of aryl methyl sites for hydroxylation is 1. The van der Waals surface area contributed by atoms with Gasteiger partial charge in [0.1, 0.15) is 11.4 Å². The molecule has 4 nitrogen and oxygen atoms in total. The van der Waals surface area contributed by atoms with Gasteiger partial charge in [-0.3, -0.25) is 0 Å². The third-order valence-corrected chi connectivity index (χ3v) is 3.57. The highest BCUT2D eigenvalue weighted by atomic mass is 79.9. The van der Waals surface area contributed by atoms with Gasteiger partial charge in [0.05, 0.1) is 12.8 Å². The van der Waals surface area contributed by atoms with Gasteiger partial charge in [0.25, 0.3) is 0 Å². The molecule has 1 aromatic heterocycles. The van der Waals surface area contributed by atoms with Crippen LogP contribution in [0.3, 0.4) is 0 Å². The van der Waals surface area contributed by atoms with Crippen molar-refractivity contribution in [2.75, 3.05) is 7.11 Å². The van der Waals surface area contributed by atoms with Crippen LogP contribution in [0.25, 0.3) is 5.69 Å². The van der Waals surface area contributed by atoms with Crippen molar-refractivity contribution in [2.24, 2.45) is 0 Å². The highest BCUT2D eigenvalue weighted by Gasteiger charge is 2.17. The van der Waals surface area contributed by atoms with Crippen LogP contribution >= 0.6 is 27.5 Å². The first kappa shape index (κ1) is 14.0. The number of carboxylic acids is 1. The van der Waals surface area contributed by atoms with Gasteiger partial charge >= 0.3 is 5.97 Å². The summed E-state index contributed by atoms with van der Waals surface area (Å²) in [6.45, 7) is 1.85. The molecule has 2 rings (SSSR count). The van der Waals surface area contributed by atoms with Crippen molar-refractivity contribution in [3.63, 3.8) is 0 Å². The van der Waals surface area contributed by atoms with Crippen molar-refractivity contribution >= 4 is 33.5 Å². The Morgan fingerprint density at radius 2 is 2.11 bits per heavy atom. The summed E-state index contributed by atoms with van der Waals surface area (Å²) in [4.78, 5) is 11.3. The van der Waals surface area contributed by atoms with Crippen molar-refractivity contribution < 1.29 is 14.6 Å². The van der Waals surface area contributed by atoms with Gasteiger partial charge in [0.15, 0.2) is 0 Å². The lowest BCUT2D eigenvalue weighted by Crippen LogP contribution is -2.07. The van der Waals surface area contributed by atoms with E-state index in [4.69, 9.17) is 16.3 Å². The van der Waals surface area contributed by atoms with Crippen LogP contribution in [0.15, 0.2) is 28.9 Å². The topological polar surface area (TPSA) is 51.5 Å². The summed E-state index contributed by atoms with van der Waals surface area (Å²) < 4.78 is 7.50. The number of hydrogen-bond acceptors (Lipinski definition) is 2. The predicted molar refractivity (Wildman–Crippen MR) is 76.7 cm³/mol. The maximum absolute atomic E-state index is 11.3. The molecule has 0 spiro atoms. The second kappa shape index (κ2) is 5.27. The number of nitrogens with zero attached hydrogens (tertiary/aromatic N) is 1. The second-order valence-corrected chi connectivity index (χ2v) is 5.31. The molecule has 1 heterocycles. The molecule has 0 radical (unpaired) electrons. The van der Waals surface area contributed by atoms with Crippen LogP contribution in [0.4, 0.5) is 0 Å². The zero-order valence-electron chi connectivity index (χ0n) is 10.3. The van der Waals surface area contributed by atoms with Crippen LogP contribution in [0, 0.1) is 6.92 Å². The number of carboxylic acid groups (broad SMARTS) is 1. The van der Waals surface area contributed by atoms with E-state index in [0.717, 1.165) is 5.56 Å². The fourth-order valence-electron chi connectivity index (χ4n) is 1.79. The number of benzene rings is 1. The van der Waals surface area contributed by atoms with Crippen molar-refractivity contribution in [2.45, 2.75) is 6.92 Å². The lowest BCUT2D eigenvalue weighted by Gasteiger charge is -2.13. The normalized spacial score (nSPS) is 10.5. The van der Waals surface area contributed by atoms with Gasteiger partial charge < -0.3 is 14.4 Å². The summed E-state index contributed by atoms with van der Waals surface area (Å²) in [5.41, 5.74) is 1.62. The highest BCUT2D eigenvalue weighted by molar-refractivity contribution is 9.10.